The number of alkyl halides is 3. The van der Waals surface area contributed by atoms with Gasteiger partial charge in [-0.15, -0.1) is 0 Å². The van der Waals surface area contributed by atoms with E-state index in [9.17, 15) is 13.2 Å². The zero-order valence-corrected chi connectivity index (χ0v) is 10.3. The highest BCUT2D eigenvalue weighted by atomic mass is 79.9. The Hall–Kier alpha value is -1.04. The minimum Gasteiger partial charge on any atom is -0.363 e. The molecule has 0 saturated carbocycles. The molecule has 16 heavy (non-hydrogen) atoms. The Morgan fingerprint density at radius 3 is 2.31 bits per heavy atom. The third-order valence-electron chi connectivity index (χ3n) is 1.99. The Labute approximate surface area is 99.7 Å². The predicted octanol–water partition coefficient (Wildman–Crippen LogP) is 3.35. The molecule has 0 atom stereocenters. The van der Waals surface area contributed by atoms with Crippen molar-refractivity contribution in [3.63, 3.8) is 0 Å². The molecule has 0 saturated heterocycles. The molecular formula is C10H10BrF3N2. The lowest BCUT2D eigenvalue weighted by molar-refractivity contribution is -0.137. The van der Waals surface area contributed by atoms with Crippen LogP contribution in [0.25, 0.3) is 0 Å². The Bertz CT molecular complexity index is 413. The largest absolute Gasteiger partial charge is 0.417 e. The van der Waals surface area contributed by atoms with Crippen molar-refractivity contribution >= 4 is 21.8 Å². The number of halogens is 4. The monoisotopic (exact) mass is 294 g/mol. The van der Waals surface area contributed by atoms with E-state index in [1.165, 1.54) is 31.1 Å². The highest BCUT2D eigenvalue weighted by Crippen LogP contribution is 2.34. The second kappa shape index (κ2) is 4.45. The highest BCUT2D eigenvalue weighted by Gasteiger charge is 2.34. The molecule has 0 bridgehead atoms. The minimum atomic E-state index is -4.46. The van der Waals surface area contributed by atoms with Crippen LogP contribution in [0.5, 0.6) is 0 Å². The normalized spacial score (nSPS) is 11.4. The molecule has 0 amide bonds. The lowest BCUT2D eigenvalue weighted by atomic mass is 10.1. The zero-order chi connectivity index (χ0) is 12.5. The summed E-state index contributed by atoms with van der Waals surface area (Å²) in [7, 11) is 3.06. The molecule has 0 aliphatic heterocycles. The summed E-state index contributed by atoms with van der Waals surface area (Å²) in [6.07, 6.45) is -4.46. The number of nitrogens with one attached hydrogen (secondary N) is 1. The first-order chi connectivity index (χ1) is 7.23. The maximum atomic E-state index is 12.7. The maximum Gasteiger partial charge on any atom is 0.417 e. The van der Waals surface area contributed by atoms with Crippen LogP contribution >= 0.6 is 15.9 Å². The third-order valence-corrected chi connectivity index (χ3v) is 2.48. The summed E-state index contributed by atoms with van der Waals surface area (Å²) in [5.74, 6) is -0.167. The summed E-state index contributed by atoms with van der Waals surface area (Å²) in [4.78, 5) is 1.33. The maximum absolute atomic E-state index is 12.7. The van der Waals surface area contributed by atoms with Gasteiger partial charge in [0.25, 0.3) is 0 Å². The molecule has 2 nitrogen and oxygen atoms in total. The van der Waals surface area contributed by atoms with E-state index in [0.29, 0.717) is 4.47 Å². The third kappa shape index (κ3) is 2.75. The number of hydrogen-bond donors (Lipinski definition) is 1. The van der Waals surface area contributed by atoms with Gasteiger partial charge in [-0.2, -0.15) is 13.2 Å². The molecule has 0 unspecified atom stereocenters. The number of hydrogen-bond acceptors (Lipinski definition) is 1. The van der Waals surface area contributed by atoms with E-state index < -0.39 is 11.7 Å². The van der Waals surface area contributed by atoms with E-state index in [-0.39, 0.29) is 11.4 Å². The fraction of sp³-hybridized carbons (Fsp3) is 0.300. The second-order valence-electron chi connectivity index (χ2n) is 3.43. The van der Waals surface area contributed by atoms with Crippen LogP contribution in [-0.4, -0.2) is 24.8 Å². The summed E-state index contributed by atoms with van der Waals surface area (Å²) in [6.45, 7) is 0. The van der Waals surface area contributed by atoms with Gasteiger partial charge in [-0.3, -0.25) is 5.41 Å². The van der Waals surface area contributed by atoms with E-state index >= 15 is 0 Å². The van der Waals surface area contributed by atoms with Gasteiger partial charge in [0, 0.05) is 24.1 Å². The lowest BCUT2D eigenvalue weighted by Gasteiger charge is -2.18. The molecule has 1 rings (SSSR count). The van der Waals surface area contributed by atoms with Gasteiger partial charge in [0.05, 0.1) is 5.56 Å². The van der Waals surface area contributed by atoms with E-state index in [2.05, 4.69) is 15.9 Å². The highest BCUT2D eigenvalue weighted by molar-refractivity contribution is 9.10. The van der Waals surface area contributed by atoms with Crippen molar-refractivity contribution in [2.24, 2.45) is 0 Å². The van der Waals surface area contributed by atoms with Gasteiger partial charge in [-0.1, -0.05) is 15.9 Å². The zero-order valence-electron chi connectivity index (χ0n) is 8.69. The van der Waals surface area contributed by atoms with Gasteiger partial charge in [-0.25, -0.2) is 0 Å². The first-order valence-corrected chi connectivity index (χ1v) is 5.15. The number of rotatable bonds is 1. The smallest absolute Gasteiger partial charge is 0.363 e. The van der Waals surface area contributed by atoms with Gasteiger partial charge in [0.2, 0.25) is 0 Å². The fourth-order valence-electron chi connectivity index (χ4n) is 1.20. The SMILES string of the molecule is CN(C)C(=N)c1ccc(Br)cc1C(F)(F)F. The molecule has 1 N–H and O–H groups in total. The second-order valence-corrected chi connectivity index (χ2v) is 4.35. The summed E-state index contributed by atoms with van der Waals surface area (Å²) < 4.78 is 38.5. The number of benzene rings is 1. The van der Waals surface area contributed by atoms with E-state index in [4.69, 9.17) is 5.41 Å². The Kier molecular flexibility index (Phi) is 3.62. The molecule has 0 radical (unpaired) electrons. The molecule has 1 aromatic rings. The van der Waals surface area contributed by atoms with Crippen LogP contribution in [0.2, 0.25) is 0 Å². The van der Waals surface area contributed by atoms with Crippen LogP contribution in [0.3, 0.4) is 0 Å². The first-order valence-electron chi connectivity index (χ1n) is 4.36. The lowest BCUT2D eigenvalue weighted by Crippen LogP contribution is -2.25. The van der Waals surface area contributed by atoms with Crippen LogP contribution in [0, 0.1) is 5.41 Å². The van der Waals surface area contributed by atoms with Crippen molar-refractivity contribution in [2.75, 3.05) is 14.1 Å². The average molecular weight is 295 g/mol. The molecule has 0 fully saturated rings. The van der Waals surface area contributed by atoms with Gasteiger partial charge < -0.3 is 4.90 Å². The van der Waals surface area contributed by atoms with Gasteiger partial charge in [-0.05, 0) is 18.2 Å². The summed E-state index contributed by atoms with van der Waals surface area (Å²) in [5.41, 5.74) is -0.929. The van der Waals surface area contributed by atoms with Crippen LogP contribution in [0.1, 0.15) is 11.1 Å². The van der Waals surface area contributed by atoms with Gasteiger partial charge >= 0.3 is 6.18 Å². The van der Waals surface area contributed by atoms with Crippen molar-refractivity contribution in [2.45, 2.75) is 6.18 Å². The van der Waals surface area contributed by atoms with Crippen molar-refractivity contribution < 1.29 is 13.2 Å². The van der Waals surface area contributed by atoms with Crippen LogP contribution in [0.4, 0.5) is 13.2 Å². The topological polar surface area (TPSA) is 27.1 Å². The molecule has 0 aromatic heterocycles. The summed E-state index contributed by atoms with van der Waals surface area (Å²) >= 11 is 2.99. The van der Waals surface area contributed by atoms with Gasteiger partial charge in [0.15, 0.2) is 0 Å². The van der Waals surface area contributed by atoms with Crippen molar-refractivity contribution in [3.05, 3.63) is 33.8 Å². The van der Waals surface area contributed by atoms with Crippen LogP contribution < -0.4 is 0 Å². The van der Waals surface area contributed by atoms with Crippen molar-refractivity contribution in [3.8, 4) is 0 Å². The molecule has 0 heterocycles. The van der Waals surface area contributed by atoms with Crippen molar-refractivity contribution in [1.82, 2.24) is 4.90 Å². The van der Waals surface area contributed by atoms with E-state index in [1.54, 1.807) is 0 Å². The molecule has 1 aromatic carbocycles. The first kappa shape index (κ1) is 13.0. The number of amidine groups is 1. The van der Waals surface area contributed by atoms with Crippen LogP contribution in [0.15, 0.2) is 22.7 Å². The predicted molar refractivity (Wildman–Crippen MR) is 59.7 cm³/mol. The minimum absolute atomic E-state index is 0.124. The molecule has 88 valence electrons. The quantitative estimate of drug-likeness (QED) is 0.624. The Balaban J connectivity index is 3.34. The molecular weight excluding hydrogens is 285 g/mol. The fourth-order valence-corrected chi connectivity index (χ4v) is 1.56. The summed E-state index contributed by atoms with van der Waals surface area (Å²) in [6, 6.07) is 3.76. The Morgan fingerprint density at radius 2 is 1.88 bits per heavy atom. The van der Waals surface area contributed by atoms with Crippen LogP contribution in [-0.2, 0) is 6.18 Å². The van der Waals surface area contributed by atoms with Gasteiger partial charge in [0.1, 0.15) is 5.84 Å². The Morgan fingerprint density at radius 1 is 1.31 bits per heavy atom. The number of nitrogens with zero attached hydrogens (tertiary/aromatic N) is 1. The molecule has 0 aliphatic rings. The van der Waals surface area contributed by atoms with E-state index in [1.807, 2.05) is 0 Å². The molecule has 0 aliphatic carbocycles. The average Bonchev–Trinajstić information content (AvgIpc) is 2.15. The van der Waals surface area contributed by atoms with Crippen molar-refractivity contribution in [1.29, 1.82) is 5.41 Å². The summed E-state index contributed by atoms with van der Waals surface area (Å²) in [5, 5.41) is 7.59. The molecule has 6 heteroatoms. The molecule has 0 spiro atoms. The van der Waals surface area contributed by atoms with E-state index in [0.717, 1.165) is 6.07 Å². The standard InChI is InChI=1S/C10H10BrF3N2/c1-16(2)9(15)7-4-3-6(11)5-8(7)10(12,13)14/h3-5,15H,1-2H3.